The van der Waals surface area contributed by atoms with Crippen molar-refractivity contribution in [1.82, 2.24) is 25.0 Å². The number of fused-ring (bicyclic) bond motifs is 6. The van der Waals surface area contributed by atoms with E-state index in [2.05, 4.69) is 30.1 Å². The molecule has 0 spiro atoms. The minimum Gasteiger partial charge on any atom is -0.493 e. The Balaban J connectivity index is 0.725. The van der Waals surface area contributed by atoms with E-state index in [1.807, 2.05) is 86.3 Å². The van der Waals surface area contributed by atoms with Crippen LogP contribution in [0.15, 0.2) is 140 Å². The topological polar surface area (TPSA) is 215 Å². The first kappa shape index (κ1) is 63.2. The average molecular weight is 1230 g/mol. The fourth-order valence-electron chi connectivity index (χ4n) is 13.0. The Hall–Kier alpha value is -9.42. The van der Waals surface area contributed by atoms with Crippen LogP contribution in [0.25, 0.3) is 0 Å². The number of ether oxygens (including phenoxy) is 4. The van der Waals surface area contributed by atoms with E-state index in [-0.39, 0.29) is 110 Å². The summed E-state index contributed by atoms with van der Waals surface area (Å²) in [5.74, 6) is -0.775. The number of ketones is 2. The first-order valence-electron chi connectivity index (χ1n) is 31.5. The van der Waals surface area contributed by atoms with E-state index in [0.717, 1.165) is 59.3 Å². The van der Waals surface area contributed by atoms with Crippen LogP contribution in [0.2, 0.25) is 0 Å². The van der Waals surface area contributed by atoms with Gasteiger partial charge in [0, 0.05) is 74.3 Å². The molecule has 18 nitrogen and oxygen atoms in total. The van der Waals surface area contributed by atoms with Crippen molar-refractivity contribution in [3.05, 3.63) is 207 Å². The Kier molecular flexibility index (Phi) is 19.3. The van der Waals surface area contributed by atoms with Gasteiger partial charge in [0.25, 0.3) is 17.7 Å². The van der Waals surface area contributed by atoms with Crippen LogP contribution in [0.5, 0.6) is 17.2 Å². The van der Waals surface area contributed by atoms with Crippen molar-refractivity contribution in [2.45, 2.75) is 149 Å². The first-order chi connectivity index (χ1) is 43.9. The largest absolute Gasteiger partial charge is 0.493 e. The van der Waals surface area contributed by atoms with Crippen LogP contribution in [-0.4, -0.2) is 104 Å². The number of anilines is 1. The average Bonchev–Trinajstić information content (AvgIpc) is 1.66. The number of nitrogens with one attached hydrogen (secondary N) is 1. The molecule has 0 bridgehead atoms. The molecule has 5 aliphatic heterocycles. The number of aliphatic hydroxyl groups is 1. The molecule has 5 aromatic carbocycles. The number of aryl methyl sites for hydroxylation is 2. The van der Waals surface area contributed by atoms with Crippen molar-refractivity contribution < 1.29 is 57.6 Å². The van der Waals surface area contributed by atoms with Gasteiger partial charge >= 0.3 is 6.09 Å². The maximum absolute atomic E-state index is 14.8. The number of amides is 5. The molecule has 0 aliphatic carbocycles. The summed E-state index contributed by atoms with van der Waals surface area (Å²) in [5.41, 5.74) is 10.1. The van der Waals surface area contributed by atoms with E-state index in [9.17, 15) is 38.7 Å². The number of pyridine rings is 1. The van der Waals surface area contributed by atoms with Gasteiger partial charge in [0.1, 0.15) is 31.4 Å². The highest BCUT2D eigenvalue weighted by Crippen LogP contribution is 2.42. The number of unbranched alkanes of at least 4 members (excludes halogenated alkanes) is 2. The normalized spacial score (nSPS) is 18.0. The molecule has 11 rings (SSSR count). The molecule has 0 radical (unpaired) electrons. The number of benzene rings is 5. The Bertz CT molecular complexity index is 3820. The number of nitrogens with zero attached hydrogens (tertiary/aromatic N) is 5. The second kappa shape index (κ2) is 27.8. The standard InChI is InChI=1S/C73H78N6O12/c1-44(2)59(36-58(80)21-8-7-13-30-76-46(4)22-29-68(76)82)69(83)74-47(5)64(81)32-48-23-25-49(26-24-48)41-91-73(87)79-62-38-67(66(88-6)37-61(62)71(85)78-40-54-18-12-10-16-51(54)34-63(78)72(79)86)90-43-56-20-14-19-55(75-56)42-89-65-35-52-27-28-57-33-50-15-9-11-17-53(50)39-77(57)70(84)60(52)31-45(65)3/h9-12,14-20,22-26,29,31,35,37-38,44,47,57,59,63,72,86H,4,7-8,13,21,27-28,30,32-34,36,39-43H2,1-3,5-6H3,(H,74,83)/t47-,57+,59-,63-,72?/m0/s1. The molecule has 472 valence electrons. The van der Waals surface area contributed by atoms with Crippen molar-refractivity contribution in [2.24, 2.45) is 11.8 Å². The molecule has 1 aromatic heterocycles. The fourth-order valence-corrected chi connectivity index (χ4v) is 13.0. The van der Waals surface area contributed by atoms with Crippen LogP contribution < -0.4 is 24.4 Å². The van der Waals surface area contributed by atoms with E-state index in [1.54, 1.807) is 47.1 Å². The summed E-state index contributed by atoms with van der Waals surface area (Å²) in [6.45, 7) is 12.4. The summed E-state index contributed by atoms with van der Waals surface area (Å²) in [6.07, 6.45) is 5.91. The van der Waals surface area contributed by atoms with E-state index in [0.29, 0.717) is 65.5 Å². The minimum absolute atomic E-state index is 0.00543. The molecule has 6 aromatic rings. The number of rotatable bonds is 23. The molecule has 5 amide bonds. The van der Waals surface area contributed by atoms with E-state index in [4.69, 9.17) is 23.9 Å². The summed E-state index contributed by atoms with van der Waals surface area (Å²) in [6, 6.07) is 33.9. The molecule has 0 saturated carbocycles. The third-order valence-corrected chi connectivity index (χ3v) is 18.3. The number of aromatic nitrogens is 1. The van der Waals surface area contributed by atoms with Crippen molar-refractivity contribution in [1.29, 1.82) is 0 Å². The van der Waals surface area contributed by atoms with E-state index >= 15 is 0 Å². The van der Waals surface area contributed by atoms with Gasteiger partial charge in [-0.05, 0) is 139 Å². The molecule has 5 atom stereocenters. The predicted octanol–water partition coefficient (Wildman–Crippen LogP) is 10.4. The van der Waals surface area contributed by atoms with Gasteiger partial charge in [-0.25, -0.2) is 9.69 Å². The zero-order chi connectivity index (χ0) is 64.0. The summed E-state index contributed by atoms with van der Waals surface area (Å²) in [5, 5.41) is 15.2. The van der Waals surface area contributed by atoms with Gasteiger partial charge in [-0.3, -0.25) is 33.8 Å². The lowest BCUT2D eigenvalue weighted by Crippen LogP contribution is -2.55. The van der Waals surface area contributed by atoms with Crippen LogP contribution in [-0.2, 0) is 82.5 Å². The number of carbonyl (C=O) groups is 7. The molecular weight excluding hydrogens is 1150 g/mol. The third-order valence-electron chi connectivity index (χ3n) is 18.3. The molecule has 2 N–H and O–H groups in total. The lowest BCUT2D eigenvalue weighted by molar-refractivity contribution is -0.133. The van der Waals surface area contributed by atoms with E-state index < -0.39 is 36.2 Å². The van der Waals surface area contributed by atoms with Crippen molar-refractivity contribution in [3.63, 3.8) is 0 Å². The summed E-state index contributed by atoms with van der Waals surface area (Å²) in [4.78, 5) is 107. The number of allylic oxidation sites excluding steroid dienone is 1. The lowest BCUT2D eigenvalue weighted by atomic mass is 9.88. The molecule has 18 heteroatoms. The number of hydrogen-bond acceptors (Lipinski definition) is 13. The number of methoxy groups -OCH3 is 1. The van der Waals surface area contributed by atoms with Gasteiger partial charge in [-0.15, -0.1) is 0 Å². The number of Topliss-reactive ketones (excluding diaryl/α,β-unsaturated/α-hetero) is 2. The van der Waals surface area contributed by atoms with Crippen LogP contribution in [0.1, 0.15) is 136 Å². The lowest BCUT2D eigenvalue weighted by Gasteiger charge is -2.39. The maximum Gasteiger partial charge on any atom is 0.416 e. The van der Waals surface area contributed by atoms with Crippen molar-refractivity contribution in [3.8, 4) is 17.2 Å². The van der Waals surface area contributed by atoms with Gasteiger partial charge < -0.3 is 44.1 Å². The molecular formula is C73H78N6O12. The summed E-state index contributed by atoms with van der Waals surface area (Å²) >= 11 is 0. The Labute approximate surface area is 530 Å². The Morgan fingerprint density at radius 2 is 1.36 bits per heavy atom. The predicted molar refractivity (Wildman–Crippen MR) is 341 cm³/mol. The summed E-state index contributed by atoms with van der Waals surface area (Å²) < 4.78 is 24.6. The monoisotopic (exact) mass is 1230 g/mol. The Morgan fingerprint density at radius 1 is 0.703 bits per heavy atom. The second-order valence-corrected chi connectivity index (χ2v) is 24.8. The van der Waals surface area contributed by atoms with Gasteiger partial charge in [0.05, 0.1) is 41.8 Å². The zero-order valence-electron chi connectivity index (χ0n) is 52.3. The van der Waals surface area contributed by atoms with Crippen LogP contribution in [0.3, 0.4) is 0 Å². The highest BCUT2D eigenvalue weighted by Gasteiger charge is 2.46. The van der Waals surface area contributed by atoms with E-state index in [1.165, 1.54) is 36.4 Å². The van der Waals surface area contributed by atoms with Gasteiger partial charge in [0.15, 0.2) is 23.5 Å². The van der Waals surface area contributed by atoms with Gasteiger partial charge in [-0.1, -0.05) is 106 Å². The van der Waals surface area contributed by atoms with Crippen LogP contribution in [0, 0.1) is 18.8 Å². The van der Waals surface area contributed by atoms with Crippen LogP contribution in [0.4, 0.5) is 10.5 Å². The summed E-state index contributed by atoms with van der Waals surface area (Å²) in [7, 11) is 1.45. The molecule has 91 heavy (non-hydrogen) atoms. The quantitative estimate of drug-likeness (QED) is 0.0572. The Morgan fingerprint density at radius 3 is 2.04 bits per heavy atom. The number of hydrogen-bond donors (Lipinski definition) is 2. The number of aliphatic hydroxyl groups excluding tert-OH is 1. The molecule has 0 fully saturated rings. The first-order valence-corrected chi connectivity index (χ1v) is 31.5. The molecule has 6 heterocycles. The second-order valence-electron chi connectivity index (χ2n) is 24.8. The molecule has 1 unspecified atom stereocenters. The highest BCUT2D eigenvalue weighted by atomic mass is 16.6. The molecule has 0 saturated heterocycles. The van der Waals surface area contributed by atoms with Crippen molar-refractivity contribution >= 4 is 47.0 Å². The van der Waals surface area contributed by atoms with Crippen molar-refractivity contribution in [2.75, 3.05) is 18.6 Å². The van der Waals surface area contributed by atoms with Gasteiger partial charge in [0.2, 0.25) is 5.91 Å². The number of carbonyl (C=O) groups excluding carboxylic acids is 7. The van der Waals surface area contributed by atoms with Crippen LogP contribution >= 0.6 is 0 Å². The zero-order valence-corrected chi connectivity index (χ0v) is 52.3. The molecule has 5 aliphatic rings. The minimum atomic E-state index is -1.56. The highest BCUT2D eigenvalue weighted by molar-refractivity contribution is 6.06. The van der Waals surface area contributed by atoms with Gasteiger partial charge in [-0.2, -0.15) is 0 Å². The third kappa shape index (κ3) is 14.1. The SMILES string of the molecule is C=C1C=CC(=O)N1CCCCCC(=O)C[C@H](C(=O)N[C@@H](C)C(=O)Cc1ccc(COC(=O)N2c3cc(OCc4cccc(COc5cc6c(cc5C)C(=O)N5Cc7ccccc7C[C@H]5CC6)n4)c(OC)cc3C(=O)N3Cc4ccccc4C[C@H]3C2O)cc1)C(C)C. The fraction of sp³-hybridized carbons (Fsp3) is 0.370. The smallest absolute Gasteiger partial charge is 0.416 e. The maximum atomic E-state index is 14.8.